The lowest BCUT2D eigenvalue weighted by Crippen LogP contribution is -2.49. The number of sulfonamides is 1. The normalized spacial score (nSPS) is 23.3. The molecule has 0 aliphatic carbocycles. The number of carbonyl (C=O) groups is 1. The van der Waals surface area contributed by atoms with E-state index in [1.54, 1.807) is 6.07 Å². The zero-order valence-corrected chi connectivity index (χ0v) is 17.7. The Morgan fingerprint density at radius 2 is 1.85 bits per heavy atom. The van der Waals surface area contributed by atoms with Gasteiger partial charge in [0.2, 0.25) is 15.9 Å². The second kappa shape index (κ2) is 8.66. The van der Waals surface area contributed by atoms with Crippen LogP contribution in [0.5, 0.6) is 0 Å². The Kier molecular flexibility index (Phi) is 6.69. The van der Waals surface area contributed by atoms with Crippen molar-refractivity contribution in [1.29, 1.82) is 0 Å². The number of hydrogen-bond acceptors (Lipinski definition) is 4. The molecule has 1 amide bonds. The van der Waals surface area contributed by atoms with Gasteiger partial charge in [-0.05, 0) is 64.0 Å². The van der Waals surface area contributed by atoms with Gasteiger partial charge in [0.15, 0.2) is 0 Å². The third-order valence-corrected chi connectivity index (χ3v) is 7.91. The third kappa shape index (κ3) is 4.95. The van der Waals surface area contributed by atoms with E-state index in [0.717, 1.165) is 25.9 Å². The summed E-state index contributed by atoms with van der Waals surface area (Å²) in [6, 6.07) is 4.56. The van der Waals surface area contributed by atoms with Crippen LogP contribution in [0.15, 0.2) is 23.1 Å². The summed E-state index contributed by atoms with van der Waals surface area (Å²) in [5.41, 5.74) is 0. The summed E-state index contributed by atoms with van der Waals surface area (Å²) >= 11 is 12.0. The van der Waals surface area contributed by atoms with Crippen LogP contribution in [-0.2, 0) is 14.8 Å². The molecule has 3 rings (SSSR count). The molecular formula is C18H25Cl2N3O3S. The summed E-state index contributed by atoms with van der Waals surface area (Å²) in [5, 5.41) is 3.56. The minimum Gasteiger partial charge on any atom is -0.353 e. The van der Waals surface area contributed by atoms with E-state index in [-0.39, 0.29) is 34.3 Å². The van der Waals surface area contributed by atoms with Gasteiger partial charge in [-0.2, -0.15) is 4.31 Å². The van der Waals surface area contributed by atoms with E-state index in [1.165, 1.54) is 16.4 Å². The summed E-state index contributed by atoms with van der Waals surface area (Å²) < 4.78 is 27.4. The molecule has 150 valence electrons. The van der Waals surface area contributed by atoms with Crippen LogP contribution in [0.1, 0.15) is 25.7 Å². The van der Waals surface area contributed by atoms with Crippen LogP contribution in [0.4, 0.5) is 0 Å². The van der Waals surface area contributed by atoms with E-state index in [1.807, 2.05) is 0 Å². The van der Waals surface area contributed by atoms with Crippen molar-refractivity contribution in [1.82, 2.24) is 14.5 Å². The lowest BCUT2D eigenvalue weighted by atomic mass is 9.97. The molecule has 2 saturated heterocycles. The number of piperidine rings is 2. The molecule has 2 aliphatic rings. The van der Waals surface area contributed by atoms with Gasteiger partial charge < -0.3 is 10.2 Å². The standard InChI is InChI=1S/C18H25Cl2N3O3S/c1-22-9-6-15(7-10-22)21-18(24)13-3-2-8-23(12-13)27(25,26)17-11-14(19)4-5-16(17)20/h4-5,11,13,15H,2-3,6-10,12H2,1H3,(H,21,24). The average molecular weight is 434 g/mol. The van der Waals surface area contributed by atoms with Crippen LogP contribution in [0.2, 0.25) is 10.0 Å². The van der Waals surface area contributed by atoms with Crippen LogP contribution >= 0.6 is 23.2 Å². The summed E-state index contributed by atoms with van der Waals surface area (Å²) in [6.45, 7) is 2.47. The molecule has 0 bridgehead atoms. The zero-order chi connectivity index (χ0) is 19.6. The molecule has 1 aromatic rings. The first kappa shape index (κ1) is 20.9. The largest absolute Gasteiger partial charge is 0.353 e. The summed E-state index contributed by atoms with van der Waals surface area (Å²) in [7, 11) is -1.72. The monoisotopic (exact) mass is 433 g/mol. The molecule has 6 nitrogen and oxygen atoms in total. The maximum atomic E-state index is 13.0. The molecule has 1 N–H and O–H groups in total. The molecule has 1 aromatic carbocycles. The number of amides is 1. The number of nitrogens with zero attached hydrogens (tertiary/aromatic N) is 2. The fourth-order valence-corrected chi connectivity index (χ4v) is 5.92. The minimum atomic E-state index is -3.79. The van der Waals surface area contributed by atoms with Crippen molar-refractivity contribution in [2.45, 2.75) is 36.6 Å². The van der Waals surface area contributed by atoms with Crippen molar-refractivity contribution >= 4 is 39.1 Å². The van der Waals surface area contributed by atoms with Gasteiger partial charge in [0.05, 0.1) is 10.9 Å². The molecule has 2 fully saturated rings. The van der Waals surface area contributed by atoms with E-state index in [9.17, 15) is 13.2 Å². The first-order valence-corrected chi connectivity index (χ1v) is 11.4. The molecule has 27 heavy (non-hydrogen) atoms. The molecule has 0 radical (unpaired) electrons. The van der Waals surface area contributed by atoms with E-state index in [2.05, 4.69) is 17.3 Å². The van der Waals surface area contributed by atoms with Crippen molar-refractivity contribution < 1.29 is 13.2 Å². The van der Waals surface area contributed by atoms with Gasteiger partial charge in [-0.3, -0.25) is 4.79 Å². The SMILES string of the molecule is CN1CCC(NC(=O)C2CCCN(S(=O)(=O)c3cc(Cl)ccc3Cl)C2)CC1. The van der Waals surface area contributed by atoms with E-state index in [4.69, 9.17) is 23.2 Å². The number of likely N-dealkylation sites (tertiary alicyclic amines) is 1. The maximum absolute atomic E-state index is 13.0. The van der Waals surface area contributed by atoms with Gasteiger partial charge in [0.25, 0.3) is 0 Å². The lowest BCUT2D eigenvalue weighted by Gasteiger charge is -2.34. The first-order valence-electron chi connectivity index (χ1n) is 9.21. The topological polar surface area (TPSA) is 69.7 Å². The second-order valence-electron chi connectivity index (χ2n) is 7.36. The van der Waals surface area contributed by atoms with Gasteiger partial charge in [-0.25, -0.2) is 8.42 Å². The summed E-state index contributed by atoms with van der Waals surface area (Å²) in [5.74, 6) is -0.396. The van der Waals surface area contributed by atoms with E-state index >= 15 is 0 Å². The van der Waals surface area contributed by atoms with Crippen LogP contribution in [0.25, 0.3) is 0 Å². The highest BCUT2D eigenvalue weighted by atomic mass is 35.5. The first-order chi connectivity index (χ1) is 12.8. The van der Waals surface area contributed by atoms with E-state index in [0.29, 0.717) is 24.4 Å². The smallest absolute Gasteiger partial charge is 0.244 e. The number of hydrogen-bond donors (Lipinski definition) is 1. The van der Waals surface area contributed by atoms with Crippen LogP contribution in [-0.4, -0.2) is 62.8 Å². The van der Waals surface area contributed by atoms with Crippen molar-refractivity contribution in [3.8, 4) is 0 Å². The molecule has 2 aliphatic heterocycles. The highest BCUT2D eigenvalue weighted by Gasteiger charge is 2.35. The van der Waals surface area contributed by atoms with Crippen LogP contribution in [0.3, 0.4) is 0 Å². The van der Waals surface area contributed by atoms with Crippen molar-refractivity contribution in [3.63, 3.8) is 0 Å². The molecule has 2 heterocycles. The minimum absolute atomic E-state index is 0.00644. The van der Waals surface area contributed by atoms with Crippen molar-refractivity contribution in [2.24, 2.45) is 5.92 Å². The van der Waals surface area contributed by atoms with E-state index < -0.39 is 10.0 Å². The van der Waals surface area contributed by atoms with Gasteiger partial charge in [0, 0.05) is 24.2 Å². The summed E-state index contributed by atoms with van der Waals surface area (Å²) in [4.78, 5) is 14.9. The fraction of sp³-hybridized carbons (Fsp3) is 0.611. The Labute approximate surface area is 170 Å². The maximum Gasteiger partial charge on any atom is 0.244 e. The quantitative estimate of drug-likeness (QED) is 0.791. The Balaban J connectivity index is 1.68. The molecule has 0 spiro atoms. The van der Waals surface area contributed by atoms with Gasteiger partial charge in [-0.15, -0.1) is 0 Å². The average Bonchev–Trinajstić information content (AvgIpc) is 2.65. The molecule has 1 unspecified atom stereocenters. The highest BCUT2D eigenvalue weighted by Crippen LogP contribution is 2.30. The number of nitrogens with one attached hydrogen (secondary N) is 1. The van der Waals surface area contributed by atoms with Gasteiger partial charge >= 0.3 is 0 Å². The predicted octanol–water partition coefficient (Wildman–Crippen LogP) is 2.60. The van der Waals surface area contributed by atoms with Crippen LogP contribution < -0.4 is 5.32 Å². The number of halogens is 2. The molecule has 0 saturated carbocycles. The van der Waals surface area contributed by atoms with Crippen LogP contribution in [0, 0.1) is 5.92 Å². The molecule has 1 atom stereocenters. The lowest BCUT2D eigenvalue weighted by molar-refractivity contribution is -0.127. The highest BCUT2D eigenvalue weighted by molar-refractivity contribution is 7.89. The van der Waals surface area contributed by atoms with Crippen molar-refractivity contribution in [2.75, 3.05) is 33.2 Å². The second-order valence-corrected chi connectivity index (χ2v) is 10.1. The number of benzene rings is 1. The Morgan fingerprint density at radius 1 is 1.15 bits per heavy atom. The van der Waals surface area contributed by atoms with Crippen molar-refractivity contribution in [3.05, 3.63) is 28.2 Å². The van der Waals surface area contributed by atoms with Gasteiger partial charge in [-0.1, -0.05) is 23.2 Å². The zero-order valence-electron chi connectivity index (χ0n) is 15.3. The Bertz CT molecular complexity index is 795. The summed E-state index contributed by atoms with van der Waals surface area (Å²) in [6.07, 6.45) is 3.18. The van der Waals surface area contributed by atoms with Gasteiger partial charge in [0.1, 0.15) is 4.90 Å². The Morgan fingerprint density at radius 3 is 2.56 bits per heavy atom. The fourth-order valence-electron chi connectivity index (χ4n) is 3.66. The predicted molar refractivity (Wildman–Crippen MR) is 107 cm³/mol. The number of carbonyl (C=O) groups excluding carboxylic acids is 1. The third-order valence-electron chi connectivity index (χ3n) is 5.33. The molecule has 9 heteroatoms. The molecule has 0 aromatic heterocycles. The Hall–Kier alpha value is -0.860. The molecular weight excluding hydrogens is 409 g/mol. The number of rotatable bonds is 4.